The van der Waals surface area contributed by atoms with Gasteiger partial charge in [0.15, 0.2) is 5.69 Å². The zero-order chi connectivity index (χ0) is 23.5. The van der Waals surface area contributed by atoms with Crippen molar-refractivity contribution in [2.75, 3.05) is 19.6 Å². The number of pyridine rings is 1. The van der Waals surface area contributed by atoms with Crippen molar-refractivity contribution in [3.63, 3.8) is 0 Å². The lowest BCUT2D eigenvalue weighted by Gasteiger charge is -2.41. The predicted octanol–water partition coefficient (Wildman–Crippen LogP) is 3.58. The van der Waals surface area contributed by atoms with E-state index in [1.807, 2.05) is 0 Å². The summed E-state index contributed by atoms with van der Waals surface area (Å²) in [5.74, 6) is -0.662. The van der Waals surface area contributed by atoms with E-state index in [1.54, 1.807) is 11.0 Å². The van der Waals surface area contributed by atoms with Gasteiger partial charge in [0.05, 0.1) is 16.1 Å². The van der Waals surface area contributed by atoms with Gasteiger partial charge in [-0.25, -0.2) is 4.52 Å². The molecule has 33 heavy (non-hydrogen) atoms. The van der Waals surface area contributed by atoms with Crippen molar-refractivity contribution in [2.24, 2.45) is 0 Å². The lowest BCUT2D eigenvalue weighted by molar-refractivity contribution is -0.142. The Morgan fingerprint density at radius 2 is 1.79 bits per heavy atom. The molecule has 2 amide bonds. The van der Waals surface area contributed by atoms with Gasteiger partial charge in [0, 0.05) is 19.1 Å². The van der Waals surface area contributed by atoms with E-state index in [0.717, 1.165) is 36.3 Å². The molecular weight excluding hydrogens is 505 g/mol. The van der Waals surface area contributed by atoms with Crippen LogP contribution in [0.2, 0.25) is 0 Å². The Bertz CT molecular complexity index is 1110. The number of aliphatic hydroxyl groups excluding tert-OH is 1. The Morgan fingerprint density at radius 3 is 2.39 bits per heavy atom. The van der Waals surface area contributed by atoms with Crippen LogP contribution in [0.25, 0.3) is 5.52 Å². The summed E-state index contributed by atoms with van der Waals surface area (Å²) in [7, 11) is 0. The Labute approximate surface area is 196 Å². The smallest absolute Gasteiger partial charge is 0.393 e. The number of fused-ring (bicyclic) bond motifs is 1. The number of hydrogen-bond donors (Lipinski definition) is 1. The van der Waals surface area contributed by atoms with Gasteiger partial charge in [0.25, 0.3) is 5.91 Å². The van der Waals surface area contributed by atoms with Crippen molar-refractivity contribution in [2.45, 2.75) is 62.8 Å². The van der Waals surface area contributed by atoms with Crippen LogP contribution in [0.4, 0.5) is 13.2 Å². The standard InChI is InChI=1S/C22H24BrF3N4O3/c23-19-16-9-13(12-1-2-12)10-17(22(24,25)26)30(16)27-20(19)21(33)28-7-8-29(18(32)11-28)14-3-5-15(31)6-4-14/h9-10,12,14-15,31H,1-8,11H2. The third-order valence-corrected chi connectivity index (χ3v) is 7.67. The molecule has 1 saturated heterocycles. The first-order valence-corrected chi connectivity index (χ1v) is 12.0. The van der Waals surface area contributed by atoms with Crippen LogP contribution in [0.5, 0.6) is 0 Å². The highest BCUT2D eigenvalue weighted by atomic mass is 79.9. The summed E-state index contributed by atoms with van der Waals surface area (Å²) >= 11 is 3.30. The number of halogens is 4. The molecule has 0 atom stereocenters. The number of nitrogens with zero attached hydrogens (tertiary/aromatic N) is 4. The van der Waals surface area contributed by atoms with Crippen molar-refractivity contribution < 1.29 is 27.9 Å². The normalized spacial score (nSPS) is 24.6. The summed E-state index contributed by atoms with van der Waals surface area (Å²) in [4.78, 5) is 29.1. The number of aliphatic hydroxyl groups is 1. The van der Waals surface area contributed by atoms with E-state index >= 15 is 0 Å². The van der Waals surface area contributed by atoms with Crippen molar-refractivity contribution in [3.8, 4) is 0 Å². The molecule has 1 aliphatic heterocycles. The zero-order valence-corrected chi connectivity index (χ0v) is 19.4. The number of carbonyl (C=O) groups is 2. The molecule has 2 aromatic heterocycles. The number of carbonyl (C=O) groups excluding carboxylic acids is 2. The second-order valence-electron chi connectivity index (χ2n) is 9.18. The third-order valence-electron chi connectivity index (χ3n) is 6.89. The number of aromatic nitrogens is 2. The number of hydrogen-bond acceptors (Lipinski definition) is 4. The van der Waals surface area contributed by atoms with Gasteiger partial charge >= 0.3 is 6.18 Å². The molecule has 0 unspecified atom stereocenters. The van der Waals surface area contributed by atoms with E-state index in [9.17, 15) is 27.9 Å². The number of rotatable bonds is 3. The summed E-state index contributed by atoms with van der Waals surface area (Å²) < 4.78 is 42.2. The molecule has 2 saturated carbocycles. The summed E-state index contributed by atoms with van der Waals surface area (Å²) in [6.07, 6.45) is -0.511. The summed E-state index contributed by atoms with van der Waals surface area (Å²) in [6, 6.07) is 2.82. The Hall–Kier alpha value is -2.14. The molecule has 5 rings (SSSR count). The van der Waals surface area contributed by atoms with Crippen LogP contribution < -0.4 is 0 Å². The Kier molecular flexibility index (Phi) is 5.67. The lowest BCUT2D eigenvalue weighted by atomic mass is 9.91. The van der Waals surface area contributed by atoms with Crippen LogP contribution in [-0.2, 0) is 11.0 Å². The van der Waals surface area contributed by atoms with E-state index in [-0.39, 0.29) is 52.7 Å². The molecule has 2 aromatic rings. The summed E-state index contributed by atoms with van der Waals surface area (Å²) in [5, 5.41) is 13.7. The van der Waals surface area contributed by atoms with E-state index in [1.165, 1.54) is 4.90 Å². The van der Waals surface area contributed by atoms with Gasteiger partial charge in [-0.05, 0) is 78.1 Å². The maximum absolute atomic E-state index is 13.7. The molecule has 0 bridgehead atoms. The molecule has 0 aromatic carbocycles. The quantitative estimate of drug-likeness (QED) is 0.660. The van der Waals surface area contributed by atoms with Crippen molar-refractivity contribution in [1.29, 1.82) is 0 Å². The minimum atomic E-state index is -4.62. The summed E-state index contributed by atoms with van der Waals surface area (Å²) in [6.45, 7) is 0.497. The molecule has 3 heterocycles. The van der Waals surface area contributed by atoms with E-state index in [2.05, 4.69) is 21.0 Å². The van der Waals surface area contributed by atoms with Crippen LogP contribution in [0.15, 0.2) is 16.6 Å². The van der Waals surface area contributed by atoms with Crippen molar-refractivity contribution >= 4 is 33.3 Å². The largest absolute Gasteiger partial charge is 0.433 e. The van der Waals surface area contributed by atoms with Gasteiger partial charge in [-0.3, -0.25) is 9.59 Å². The molecule has 1 N–H and O–H groups in total. The second kappa shape index (κ2) is 8.26. The zero-order valence-electron chi connectivity index (χ0n) is 17.8. The van der Waals surface area contributed by atoms with Gasteiger partial charge < -0.3 is 14.9 Å². The van der Waals surface area contributed by atoms with Crippen LogP contribution in [0, 0.1) is 0 Å². The molecule has 0 radical (unpaired) electrons. The van der Waals surface area contributed by atoms with Crippen molar-refractivity contribution in [1.82, 2.24) is 19.4 Å². The molecule has 7 nitrogen and oxygen atoms in total. The average Bonchev–Trinajstić information content (AvgIpc) is 3.57. The topological polar surface area (TPSA) is 78.2 Å². The second-order valence-corrected chi connectivity index (χ2v) is 9.97. The molecule has 0 spiro atoms. The van der Waals surface area contributed by atoms with Crippen molar-refractivity contribution in [3.05, 3.63) is 33.6 Å². The number of amides is 2. The number of alkyl halides is 3. The van der Waals surface area contributed by atoms with E-state index in [0.29, 0.717) is 24.9 Å². The first-order valence-electron chi connectivity index (χ1n) is 11.2. The van der Waals surface area contributed by atoms with Crippen LogP contribution in [0.3, 0.4) is 0 Å². The highest BCUT2D eigenvalue weighted by molar-refractivity contribution is 9.10. The van der Waals surface area contributed by atoms with Crippen LogP contribution >= 0.6 is 15.9 Å². The highest BCUT2D eigenvalue weighted by Crippen LogP contribution is 2.43. The van der Waals surface area contributed by atoms with Gasteiger partial charge in [0.1, 0.15) is 12.2 Å². The molecule has 3 fully saturated rings. The molecule has 3 aliphatic rings. The maximum atomic E-state index is 13.7. The first kappa shape index (κ1) is 22.6. The first-order chi connectivity index (χ1) is 15.6. The summed E-state index contributed by atoms with van der Waals surface area (Å²) in [5.41, 5.74) is -0.255. The molecule has 11 heteroatoms. The predicted molar refractivity (Wildman–Crippen MR) is 116 cm³/mol. The SMILES string of the molecule is O=C(c1nn2c(C(F)(F)F)cc(C3CC3)cc2c1Br)N1CCN(C2CCC(O)CC2)C(=O)C1. The fourth-order valence-corrected chi connectivity index (χ4v) is 5.43. The van der Waals surface area contributed by atoms with Gasteiger partial charge in [0.2, 0.25) is 5.91 Å². The average molecular weight is 529 g/mol. The molecule has 178 valence electrons. The lowest BCUT2D eigenvalue weighted by Crippen LogP contribution is -2.56. The monoisotopic (exact) mass is 528 g/mol. The minimum Gasteiger partial charge on any atom is -0.393 e. The van der Waals surface area contributed by atoms with Gasteiger partial charge in [-0.15, -0.1) is 0 Å². The third kappa shape index (κ3) is 4.25. The Morgan fingerprint density at radius 1 is 1.09 bits per heavy atom. The molecular formula is C22H24BrF3N4O3. The maximum Gasteiger partial charge on any atom is 0.433 e. The van der Waals surface area contributed by atoms with Crippen LogP contribution in [-0.4, -0.2) is 68.1 Å². The van der Waals surface area contributed by atoms with Gasteiger partial charge in [-0.2, -0.15) is 18.3 Å². The van der Waals surface area contributed by atoms with Crippen LogP contribution in [0.1, 0.15) is 66.2 Å². The fourth-order valence-electron chi connectivity index (χ4n) is 4.90. The highest BCUT2D eigenvalue weighted by Gasteiger charge is 2.39. The van der Waals surface area contributed by atoms with E-state index < -0.39 is 17.8 Å². The van der Waals surface area contributed by atoms with E-state index in [4.69, 9.17) is 0 Å². The Balaban J connectivity index is 1.40. The van der Waals surface area contributed by atoms with Gasteiger partial charge in [-0.1, -0.05) is 0 Å². The number of piperazine rings is 1. The molecule has 2 aliphatic carbocycles. The minimum absolute atomic E-state index is 0.0512. The fraction of sp³-hybridized carbons (Fsp3) is 0.591.